The Morgan fingerprint density at radius 2 is 1.00 bits per heavy atom. The van der Waals surface area contributed by atoms with Crippen molar-refractivity contribution in [2.45, 2.75) is 13.3 Å². The number of benzene rings is 7. The minimum atomic E-state index is 0.489. The molecule has 9 rings (SSSR count). The van der Waals surface area contributed by atoms with Gasteiger partial charge in [-0.2, -0.15) is 0 Å². The van der Waals surface area contributed by atoms with Gasteiger partial charge in [0.2, 0.25) is 0 Å². The van der Waals surface area contributed by atoms with Gasteiger partial charge >= 0.3 is 0 Å². The van der Waals surface area contributed by atoms with E-state index >= 15 is 0 Å². The molecule has 0 radical (unpaired) electrons. The monoisotopic (exact) mass is 670 g/mol. The van der Waals surface area contributed by atoms with Crippen molar-refractivity contribution >= 4 is 50.4 Å². The van der Waals surface area contributed by atoms with Crippen LogP contribution >= 0.6 is 0 Å². The highest BCUT2D eigenvalue weighted by molar-refractivity contribution is 6.11. The van der Waals surface area contributed by atoms with Crippen LogP contribution in [0.25, 0.3) is 44.2 Å². The van der Waals surface area contributed by atoms with Crippen molar-refractivity contribution in [3.05, 3.63) is 200 Å². The number of hydrogen-bond acceptors (Lipinski definition) is 3. The molecular formula is C49H38N2O. The summed E-state index contributed by atoms with van der Waals surface area (Å²) in [5, 5.41) is 2.23. The van der Waals surface area contributed by atoms with Crippen molar-refractivity contribution in [1.82, 2.24) is 0 Å². The zero-order chi connectivity index (χ0) is 34.9. The molecule has 0 fully saturated rings. The Hall–Kier alpha value is -6.58. The van der Waals surface area contributed by atoms with E-state index in [1.807, 2.05) is 6.07 Å². The summed E-state index contributed by atoms with van der Waals surface area (Å²) in [6.45, 7) is 2.28. The summed E-state index contributed by atoms with van der Waals surface area (Å²) in [5.41, 5.74) is 13.1. The predicted molar refractivity (Wildman–Crippen MR) is 219 cm³/mol. The van der Waals surface area contributed by atoms with E-state index < -0.39 is 0 Å². The lowest BCUT2D eigenvalue weighted by Gasteiger charge is -2.29. The number of anilines is 5. The summed E-state index contributed by atoms with van der Waals surface area (Å²) in [6.07, 6.45) is 7.95. The van der Waals surface area contributed by atoms with Crippen LogP contribution < -0.4 is 9.80 Å². The van der Waals surface area contributed by atoms with Gasteiger partial charge in [0.25, 0.3) is 0 Å². The van der Waals surface area contributed by atoms with Gasteiger partial charge < -0.3 is 14.2 Å². The van der Waals surface area contributed by atoms with Gasteiger partial charge in [0.1, 0.15) is 11.2 Å². The lowest BCUT2D eigenvalue weighted by atomic mass is 9.95. The van der Waals surface area contributed by atoms with E-state index in [1.165, 1.54) is 5.70 Å². The maximum Gasteiger partial charge on any atom is 0.143 e. The topological polar surface area (TPSA) is 19.6 Å². The average Bonchev–Trinajstić information content (AvgIpc) is 3.58. The minimum absolute atomic E-state index is 0.489. The van der Waals surface area contributed by atoms with Crippen LogP contribution in [-0.2, 0) is 0 Å². The standard InChI is InChI=1S/C49H38N2O/c1-35-14-13-21-44(32-35)51(41-19-9-4-10-20-41)43-30-26-37(27-31-43)46-33-38(34-47-45-22-11-12-23-48(45)52-49(46)47)36-24-28-42(29-25-36)50(39-15-5-2-6-16-39)40-17-7-3-8-18-40/h2-13,15-35H,14H2,1H3. The summed E-state index contributed by atoms with van der Waals surface area (Å²) in [7, 11) is 0. The van der Waals surface area contributed by atoms with Crippen molar-refractivity contribution in [1.29, 1.82) is 0 Å². The Balaban J connectivity index is 1.14. The molecule has 1 aromatic heterocycles. The zero-order valence-corrected chi connectivity index (χ0v) is 29.1. The largest absolute Gasteiger partial charge is 0.455 e. The number of allylic oxidation sites excluding steroid dienone is 3. The van der Waals surface area contributed by atoms with Crippen LogP contribution in [0.4, 0.5) is 28.4 Å². The molecular weight excluding hydrogens is 633 g/mol. The number of nitrogens with zero attached hydrogens (tertiary/aromatic N) is 2. The minimum Gasteiger partial charge on any atom is -0.455 e. The van der Waals surface area contributed by atoms with Crippen LogP contribution in [0.1, 0.15) is 13.3 Å². The quantitative estimate of drug-likeness (QED) is 0.160. The molecule has 3 nitrogen and oxygen atoms in total. The molecule has 1 heterocycles. The van der Waals surface area contributed by atoms with E-state index in [9.17, 15) is 0 Å². The SMILES string of the molecule is CC1C=C(N(c2ccccc2)c2ccc(-c3cc(-c4ccc(N(c5ccccc5)c5ccccc5)cc4)cc4c3oc3ccccc34)cc2)C=CC1. The van der Waals surface area contributed by atoms with Gasteiger partial charge in [-0.3, -0.25) is 0 Å². The van der Waals surface area contributed by atoms with Crippen molar-refractivity contribution < 1.29 is 4.42 Å². The average molecular weight is 671 g/mol. The third-order valence-electron chi connectivity index (χ3n) is 9.93. The highest BCUT2D eigenvalue weighted by atomic mass is 16.3. The molecule has 1 aliphatic carbocycles. The molecule has 0 saturated carbocycles. The normalized spacial score (nSPS) is 14.0. The molecule has 0 bridgehead atoms. The molecule has 7 aromatic carbocycles. The fraction of sp³-hybridized carbons (Fsp3) is 0.0612. The summed E-state index contributed by atoms with van der Waals surface area (Å²) in [5.74, 6) is 0.489. The molecule has 250 valence electrons. The molecule has 0 aliphatic heterocycles. The first-order valence-electron chi connectivity index (χ1n) is 18.0. The first-order chi connectivity index (χ1) is 25.7. The first-order valence-corrected chi connectivity index (χ1v) is 18.0. The molecule has 1 unspecified atom stereocenters. The van der Waals surface area contributed by atoms with E-state index in [1.54, 1.807) is 0 Å². The van der Waals surface area contributed by atoms with Crippen LogP contribution in [0, 0.1) is 5.92 Å². The molecule has 8 aromatic rings. The van der Waals surface area contributed by atoms with Gasteiger partial charge in [-0.15, -0.1) is 0 Å². The second kappa shape index (κ2) is 13.6. The van der Waals surface area contributed by atoms with Crippen LogP contribution in [0.3, 0.4) is 0 Å². The molecule has 0 saturated heterocycles. The van der Waals surface area contributed by atoms with E-state index in [0.717, 1.165) is 79.1 Å². The Morgan fingerprint density at radius 3 is 1.62 bits per heavy atom. The van der Waals surface area contributed by atoms with E-state index in [0.29, 0.717) is 5.92 Å². The Kier molecular flexibility index (Phi) is 8.22. The van der Waals surface area contributed by atoms with Crippen molar-refractivity contribution in [3.8, 4) is 22.3 Å². The predicted octanol–water partition coefficient (Wildman–Crippen LogP) is 14.0. The molecule has 3 heteroatoms. The van der Waals surface area contributed by atoms with Gasteiger partial charge in [0.05, 0.1) is 0 Å². The van der Waals surface area contributed by atoms with Gasteiger partial charge in [-0.05, 0) is 114 Å². The first kappa shape index (κ1) is 31.4. The molecule has 0 spiro atoms. The van der Waals surface area contributed by atoms with Crippen molar-refractivity contribution in [2.24, 2.45) is 5.92 Å². The molecule has 0 N–H and O–H groups in total. The lowest BCUT2D eigenvalue weighted by molar-refractivity contribution is 0.670. The Labute approximate surface area is 305 Å². The number of hydrogen-bond donors (Lipinski definition) is 0. The second-order valence-corrected chi connectivity index (χ2v) is 13.5. The van der Waals surface area contributed by atoms with E-state index in [-0.39, 0.29) is 0 Å². The number of fused-ring (bicyclic) bond motifs is 3. The van der Waals surface area contributed by atoms with Gasteiger partial charge in [-0.25, -0.2) is 0 Å². The smallest absolute Gasteiger partial charge is 0.143 e. The summed E-state index contributed by atoms with van der Waals surface area (Å²) >= 11 is 0. The second-order valence-electron chi connectivity index (χ2n) is 13.5. The third-order valence-corrected chi connectivity index (χ3v) is 9.93. The van der Waals surface area contributed by atoms with Gasteiger partial charge in [0.15, 0.2) is 0 Å². The zero-order valence-electron chi connectivity index (χ0n) is 29.1. The molecule has 1 atom stereocenters. The van der Waals surface area contributed by atoms with Crippen molar-refractivity contribution in [2.75, 3.05) is 9.80 Å². The molecule has 0 amide bonds. The highest BCUT2D eigenvalue weighted by Crippen LogP contribution is 2.42. The fourth-order valence-electron chi connectivity index (χ4n) is 7.39. The summed E-state index contributed by atoms with van der Waals surface area (Å²) < 4.78 is 6.60. The van der Waals surface area contributed by atoms with E-state index in [4.69, 9.17) is 4.42 Å². The maximum absolute atomic E-state index is 6.60. The number of para-hydroxylation sites is 4. The highest BCUT2D eigenvalue weighted by Gasteiger charge is 2.19. The van der Waals surface area contributed by atoms with E-state index in [2.05, 4.69) is 205 Å². The molecule has 52 heavy (non-hydrogen) atoms. The maximum atomic E-state index is 6.60. The van der Waals surface area contributed by atoms with Crippen LogP contribution in [0.2, 0.25) is 0 Å². The fourth-order valence-corrected chi connectivity index (χ4v) is 7.39. The summed E-state index contributed by atoms with van der Waals surface area (Å²) in [6, 6.07) is 62.4. The lowest BCUT2D eigenvalue weighted by Crippen LogP contribution is -2.17. The van der Waals surface area contributed by atoms with Crippen LogP contribution in [0.15, 0.2) is 204 Å². The Bertz CT molecular complexity index is 2490. The number of furan rings is 1. The molecule has 1 aliphatic rings. The Morgan fingerprint density at radius 1 is 0.481 bits per heavy atom. The number of rotatable bonds is 8. The van der Waals surface area contributed by atoms with Crippen LogP contribution in [0.5, 0.6) is 0 Å². The van der Waals surface area contributed by atoms with Crippen LogP contribution in [-0.4, -0.2) is 0 Å². The van der Waals surface area contributed by atoms with Crippen molar-refractivity contribution in [3.63, 3.8) is 0 Å². The summed E-state index contributed by atoms with van der Waals surface area (Å²) in [4.78, 5) is 4.64. The van der Waals surface area contributed by atoms with Gasteiger partial charge in [-0.1, -0.05) is 116 Å². The third kappa shape index (κ3) is 5.97. The van der Waals surface area contributed by atoms with Gasteiger partial charge in [0, 0.05) is 50.5 Å².